The van der Waals surface area contributed by atoms with E-state index < -0.39 is 6.43 Å². The molecule has 0 aliphatic rings. The first kappa shape index (κ1) is 8.48. The quantitative estimate of drug-likeness (QED) is 0.757. The molecule has 0 bridgehead atoms. The highest BCUT2D eigenvalue weighted by Gasteiger charge is 2.12. The molecule has 6 heteroatoms. The lowest BCUT2D eigenvalue weighted by Gasteiger charge is -1.88. The lowest BCUT2D eigenvalue weighted by atomic mass is 10.7. The van der Waals surface area contributed by atoms with Crippen LogP contribution in [0.2, 0.25) is 0 Å². The Morgan fingerprint density at radius 1 is 1.55 bits per heavy atom. The number of rotatable bonds is 3. The fourth-order valence-corrected chi connectivity index (χ4v) is 1.29. The van der Waals surface area contributed by atoms with Gasteiger partial charge in [-0.1, -0.05) is 11.3 Å². The third kappa shape index (κ3) is 2.16. The fraction of sp³-hybridized carbons (Fsp3) is 0.600. The number of aromatic nitrogens is 2. The van der Waals surface area contributed by atoms with E-state index >= 15 is 0 Å². The maximum Gasteiger partial charge on any atom is 0.291 e. The Labute approximate surface area is 66.5 Å². The molecule has 1 heterocycles. The van der Waals surface area contributed by atoms with Crippen molar-refractivity contribution in [3.05, 3.63) is 10.0 Å². The number of nitrogens with one attached hydrogen (secondary N) is 1. The minimum absolute atomic E-state index is 0.213. The maximum atomic E-state index is 11.9. The maximum absolute atomic E-state index is 11.9. The van der Waals surface area contributed by atoms with Gasteiger partial charge in [-0.2, -0.15) is 0 Å². The Morgan fingerprint density at radius 3 is 2.73 bits per heavy atom. The highest BCUT2D eigenvalue weighted by Crippen LogP contribution is 2.21. The summed E-state index contributed by atoms with van der Waals surface area (Å²) in [6.45, 7) is 0.490. The van der Waals surface area contributed by atoms with Gasteiger partial charge in [0.25, 0.3) is 6.43 Å². The van der Waals surface area contributed by atoms with Gasteiger partial charge in [0.05, 0.1) is 0 Å². The number of nitrogens with zero attached hydrogens (tertiary/aromatic N) is 2. The molecule has 1 rings (SSSR count). The van der Waals surface area contributed by atoms with Crippen molar-refractivity contribution in [3.63, 3.8) is 0 Å². The molecule has 0 unspecified atom stereocenters. The first-order valence-electron chi connectivity index (χ1n) is 2.99. The Bertz CT molecular complexity index is 225. The topological polar surface area (TPSA) is 37.8 Å². The average molecular weight is 179 g/mol. The number of alkyl halides is 2. The van der Waals surface area contributed by atoms with Crippen LogP contribution in [0.15, 0.2) is 0 Å². The smallest absolute Gasteiger partial charge is 0.291 e. The fourth-order valence-electron chi connectivity index (χ4n) is 0.577. The monoisotopic (exact) mass is 179 g/mol. The van der Waals surface area contributed by atoms with Crippen molar-refractivity contribution >= 4 is 11.3 Å². The van der Waals surface area contributed by atoms with Gasteiger partial charge in [0, 0.05) is 6.54 Å². The van der Waals surface area contributed by atoms with Gasteiger partial charge in [-0.25, -0.2) is 8.78 Å². The molecule has 62 valence electrons. The SMILES string of the molecule is CNCc1nnc(C(F)F)s1. The zero-order chi connectivity index (χ0) is 8.27. The van der Waals surface area contributed by atoms with E-state index in [1.54, 1.807) is 7.05 Å². The first-order valence-corrected chi connectivity index (χ1v) is 3.80. The van der Waals surface area contributed by atoms with E-state index in [2.05, 4.69) is 15.5 Å². The minimum atomic E-state index is -2.50. The lowest BCUT2D eigenvalue weighted by molar-refractivity contribution is 0.150. The van der Waals surface area contributed by atoms with Crippen LogP contribution in [-0.4, -0.2) is 17.2 Å². The molecule has 0 atom stereocenters. The van der Waals surface area contributed by atoms with Gasteiger partial charge in [-0.3, -0.25) is 0 Å². The van der Waals surface area contributed by atoms with Gasteiger partial charge >= 0.3 is 0 Å². The molecule has 0 fully saturated rings. The van der Waals surface area contributed by atoms with Gasteiger partial charge in [0.15, 0.2) is 5.01 Å². The predicted molar refractivity (Wildman–Crippen MR) is 37.6 cm³/mol. The zero-order valence-corrected chi connectivity index (χ0v) is 6.66. The Kier molecular flexibility index (Phi) is 2.84. The Hall–Kier alpha value is -0.620. The summed E-state index contributed by atoms with van der Waals surface area (Å²) in [4.78, 5) is 0. The summed E-state index contributed by atoms with van der Waals surface area (Å²) in [5.74, 6) is 0. The van der Waals surface area contributed by atoms with E-state index in [0.717, 1.165) is 11.3 Å². The van der Waals surface area contributed by atoms with Gasteiger partial charge in [-0.15, -0.1) is 10.2 Å². The van der Waals surface area contributed by atoms with Crippen molar-refractivity contribution in [3.8, 4) is 0 Å². The molecule has 0 aliphatic carbocycles. The molecule has 3 nitrogen and oxygen atoms in total. The van der Waals surface area contributed by atoms with Crippen molar-refractivity contribution in [1.29, 1.82) is 0 Å². The lowest BCUT2D eigenvalue weighted by Crippen LogP contribution is -2.04. The molecule has 1 aromatic rings. The van der Waals surface area contributed by atoms with E-state index in [9.17, 15) is 8.78 Å². The number of hydrogen-bond donors (Lipinski definition) is 1. The minimum Gasteiger partial charge on any atom is -0.313 e. The summed E-state index contributed by atoms with van der Waals surface area (Å²) in [5, 5.41) is 10.0. The van der Waals surface area contributed by atoms with Crippen LogP contribution in [0.4, 0.5) is 8.78 Å². The summed E-state index contributed by atoms with van der Waals surface area (Å²) in [7, 11) is 1.73. The normalized spacial score (nSPS) is 10.9. The van der Waals surface area contributed by atoms with Crippen molar-refractivity contribution in [2.75, 3.05) is 7.05 Å². The van der Waals surface area contributed by atoms with Crippen molar-refractivity contribution < 1.29 is 8.78 Å². The van der Waals surface area contributed by atoms with Gasteiger partial charge < -0.3 is 5.32 Å². The predicted octanol–water partition coefficient (Wildman–Crippen LogP) is 1.20. The second kappa shape index (κ2) is 3.68. The van der Waals surface area contributed by atoms with Crippen LogP contribution in [0.3, 0.4) is 0 Å². The van der Waals surface area contributed by atoms with Crippen LogP contribution < -0.4 is 5.32 Å². The van der Waals surface area contributed by atoms with Gasteiger partial charge in [0.1, 0.15) is 5.01 Å². The van der Waals surface area contributed by atoms with Gasteiger partial charge in [0.2, 0.25) is 0 Å². The highest BCUT2D eigenvalue weighted by molar-refractivity contribution is 7.11. The number of hydrogen-bond acceptors (Lipinski definition) is 4. The van der Waals surface area contributed by atoms with E-state index in [1.807, 2.05) is 0 Å². The van der Waals surface area contributed by atoms with Crippen LogP contribution >= 0.6 is 11.3 Å². The number of halogens is 2. The van der Waals surface area contributed by atoms with Crippen LogP contribution in [0.1, 0.15) is 16.4 Å². The molecule has 0 aliphatic heterocycles. The van der Waals surface area contributed by atoms with Crippen molar-refractivity contribution in [2.45, 2.75) is 13.0 Å². The molecule has 0 saturated heterocycles. The molecule has 1 aromatic heterocycles. The van der Waals surface area contributed by atoms with Crippen molar-refractivity contribution in [1.82, 2.24) is 15.5 Å². The molecular weight excluding hydrogens is 172 g/mol. The molecule has 0 radical (unpaired) electrons. The van der Waals surface area contributed by atoms with Crippen LogP contribution in [-0.2, 0) is 6.54 Å². The summed E-state index contributed by atoms with van der Waals surface area (Å²) in [6.07, 6.45) is -2.50. The summed E-state index contributed by atoms with van der Waals surface area (Å²) in [6, 6.07) is 0. The van der Waals surface area contributed by atoms with Gasteiger partial charge in [-0.05, 0) is 7.05 Å². The average Bonchev–Trinajstić information content (AvgIpc) is 2.37. The first-order chi connectivity index (χ1) is 5.24. The third-order valence-corrected chi connectivity index (χ3v) is 1.93. The largest absolute Gasteiger partial charge is 0.313 e. The van der Waals surface area contributed by atoms with E-state index in [0.29, 0.717) is 11.6 Å². The molecule has 1 N–H and O–H groups in total. The molecule has 11 heavy (non-hydrogen) atoms. The molecular formula is C5H7F2N3S. The second-order valence-corrected chi connectivity index (χ2v) is 2.96. The standard InChI is InChI=1S/C5H7F2N3S/c1-8-2-3-9-10-5(11-3)4(6)7/h4,8H,2H2,1H3. The van der Waals surface area contributed by atoms with E-state index in [1.165, 1.54) is 0 Å². The summed E-state index contributed by atoms with van der Waals surface area (Å²) in [5.41, 5.74) is 0. The van der Waals surface area contributed by atoms with Crippen LogP contribution in [0.25, 0.3) is 0 Å². The molecule has 0 aromatic carbocycles. The Balaban J connectivity index is 2.66. The molecule has 0 saturated carbocycles. The Morgan fingerprint density at radius 2 is 2.27 bits per heavy atom. The van der Waals surface area contributed by atoms with Crippen LogP contribution in [0, 0.1) is 0 Å². The third-order valence-electron chi connectivity index (χ3n) is 0.997. The van der Waals surface area contributed by atoms with Crippen molar-refractivity contribution in [2.24, 2.45) is 0 Å². The second-order valence-electron chi connectivity index (χ2n) is 1.87. The van der Waals surface area contributed by atoms with Crippen LogP contribution in [0.5, 0.6) is 0 Å². The summed E-state index contributed by atoms with van der Waals surface area (Å²) < 4.78 is 23.8. The zero-order valence-electron chi connectivity index (χ0n) is 5.84. The summed E-state index contributed by atoms with van der Waals surface area (Å²) >= 11 is 0.931. The highest BCUT2D eigenvalue weighted by atomic mass is 32.1. The molecule has 0 amide bonds. The molecule has 0 spiro atoms. The van der Waals surface area contributed by atoms with E-state index in [-0.39, 0.29) is 5.01 Å². The van der Waals surface area contributed by atoms with E-state index in [4.69, 9.17) is 0 Å².